The molecule has 2 aliphatic heterocycles. The van der Waals surface area contributed by atoms with Crippen LogP contribution in [0.25, 0.3) is 21.5 Å². The van der Waals surface area contributed by atoms with Gasteiger partial charge in [-0.05, 0) is 34.4 Å². The number of hydrogen-bond acceptors (Lipinski definition) is 5. The number of amides is 3. The molecule has 3 amide bonds. The number of phosphoric ester groups is 1. The van der Waals surface area contributed by atoms with Gasteiger partial charge in [0.05, 0.1) is 11.4 Å². The van der Waals surface area contributed by atoms with Gasteiger partial charge in [-0.2, -0.15) is 0 Å². The molecule has 6 rings (SSSR count). The Morgan fingerprint density at radius 1 is 0.804 bits per heavy atom. The molecule has 4 aromatic rings. The third-order valence-electron chi connectivity index (χ3n) is 8.51. The summed E-state index contributed by atoms with van der Waals surface area (Å²) in [6.07, 6.45) is -0.898. The number of phosphoric acid groups is 1. The number of anilines is 3. The summed E-state index contributed by atoms with van der Waals surface area (Å²) in [6, 6.07) is 17.5. The number of benzene rings is 4. The van der Waals surface area contributed by atoms with Crippen molar-refractivity contribution in [3.63, 3.8) is 0 Å². The predicted octanol–water partition coefficient (Wildman–Crippen LogP) is 6.76. The van der Waals surface area contributed by atoms with Gasteiger partial charge in [0.1, 0.15) is 5.75 Å². The minimum atomic E-state index is -4.89. The Morgan fingerprint density at radius 2 is 1.28 bits per heavy atom. The van der Waals surface area contributed by atoms with Crippen LogP contribution >= 0.6 is 31.0 Å². The Bertz CT molecular complexity index is 1930. The first-order chi connectivity index (χ1) is 22.0. The molecule has 0 spiro atoms. The van der Waals surface area contributed by atoms with Crippen LogP contribution in [0.4, 0.5) is 21.9 Å². The van der Waals surface area contributed by atoms with E-state index in [9.17, 15) is 33.8 Å². The van der Waals surface area contributed by atoms with Crippen molar-refractivity contribution in [3.8, 4) is 5.75 Å². The van der Waals surface area contributed by atoms with Crippen LogP contribution in [-0.2, 0) is 14.2 Å². The van der Waals surface area contributed by atoms with Crippen LogP contribution in [0.1, 0.15) is 42.2 Å². The number of nitrogens with one attached hydrogen (secondary N) is 1. The minimum Gasteiger partial charge on any atom is -0.465 e. The molecule has 1 unspecified atom stereocenters. The van der Waals surface area contributed by atoms with Crippen LogP contribution in [-0.4, -0.2) is 57.7 Å². The Kier molecular flexibility index (Phi) is 8.89. The van der Waals surface area contributed by atoms with E-state index in [-0.39, 0.29) is 67.0 Å². The number of alkyl halides is 2. The number of rotatable bonds is 9. The first kappa shape index (κ1) is 32.1. The molecule has 0 aromatic heterocycles. The lowest BCUT2D eigenvalue weighted by Gasteiger charge is -2.21. The van der Waals surface area contributed by atoms with E-state index in [1.807, 2.05) is 24.3 Å². The summed E-state index contributed by atoms with van der Waals surface area (Å²) in [4.78, 5) is 60.9. The van der Waals surface area contributed by atoms with Gasteiger partial charge in [0, 0.05) is 72.1 Å². The second-order valence-corrected chi connectivity index (χ2v) is 13.1. The van der Waals surface area contributed by atoms with E-state index < -0.39 is 13.9 Å². The van der Waals surface area contributed by atoms with Gasteiger partial charge in [-0.15, -0.1) is 23.2 Å². The van der Waals surface area contributed by atoms with Gasteiger partial charge in [-0.25, -0.2) is 9.36 Å². The normalized spacial score (nSPS) is 17.3. The van der Waals surface area contributed by atoms with Crippen molar-refractivity contribution < 1.29 is 38.4 Å². The largest absolute Gasteiger partial charge is 0.524 e. The average Bonchev–Trinajstić information content (AvgIpc) is 3.59. The molecule has 0 radical (unpaired) electrons. The van der Waals surface area contributed by atoms with Gasteiger partial charge in [0.15, 0.2) is 0 Å². The maximum atomic E-state index is 13.6. The molecule has 0 fully saturated rings. The summed E-state index contributed by atoms with van der Waals surface area (Å²) < 4.78 is 16.7. The first-order valence-corrected chi connectivity index (χ1v) is 17.2. The van der Waals surface area contributed by atoms with Crippen molar-refractivity contribution in [1.82, 2.24) is 0 Å². The van der Waals surface area contributed by atoms with Gasteiger partial charge in [0.2, 0.25) is 11.8 Å². The maximum absolute atomic E-state index is 13.6. The summed E-state index contributed by atoms with van der Waals surface area (Å²) >= 11 is 12.7. The van der Waals surface area contributed by atoms with Gasteiger partial charge in [-0.1, -0.05) is 48.5 Å². The Morgan fingerprint density at radius 3 is 1.78 bits per heavy atom. The maximum Gasteiger partial charge on any atom is 0.524 e. The SMILES string of the molecule is O=C(O)Nc1cc2c(c3ccccc13)C(CCl)CN2C(=O)CCCC(=O)N1C[C@@H](CCl)c2c1cc(OP(=O)(O)O)c1ccccc21. The summed E-state index contributed by atoms with van der Waals surface area (Å²) in [5.74, 6) is -0.408. The second kappa shape index (κ2) is 12.7. The van der Waals surface area contributed by atoms with E-state index in [4.69, 9.17) is 27.7 Å². The second-order valence-electron chi connectivity index (χ2n) is 11.3. The molecule has 46 heavy (non-hydrogen) atoms. The van der Waals surface area contributed by atoms with E-state index in [0.717, 1.165) is 16.5 Å². The fourth-order valence-electron chi connectivity index (χ4n) is 6.67. The third-order valence-corrected chi connectivity index (χ3v) is 9.69. The highest BCUT2D eigenvalue weighted by Crippen LogP contribution is 2.49. The zero-order valence-electron chi connectivity index (χ0n) is 24.4. The Balaban J connectivity index is 1.23. The van der Waals surface area contributed by atoms with E-state index >= 15 is 0 Å². The fraction of sp³-hybridized carbons (Fsp3) is 0.281. The smallest absolute Gasteiger partial charge is 0.465 e. The highest BCUT2D eigenvalue weighted by molar-refractivity contribution is 7.46. The van der Waals surface area contributed by atoms with E-state index in [0.29, 0.717) is 39.8 Å². The number of carbonyl (C=O) groups is 3. The summed E-state index contributed by atoms with van der Waals surface area (Å²) in [7, 11) is -4.89. The molecule has 2 aliphatic rings. The number of fused-ring (bicyclic) bond motifs is 6. The summed E-state index contributed by atoms with van der Waals surface area (Å²) in [5, 5.41) is 14.6. The minimum absolute atomic E-state index is 0.0326. The van der Waals surface area contributed by atoms with Crippen LogP contribution in [0, 0.1) is 0 Å². The van der Waals surface area contributed by atoms with Crippen LogP contribution < -0.4 is 19.6 Å². The molecule has 240 valence electrons. The number of carboxylic acid groups (broad SMARTS) is 1. The summed E-state index contributed by atoms with van der Waals surface area (Å²) in [6.45, 7) is 0.608. The predicted molar refractivity (Wildman–Crippen MR) is 178 cm³/mol. The summed E-state index contributed by atoms with van der Waals surface area (Å²) in [5.41, 5.74) is 3.10. The van der Waals surface area contributed by atoms with Crippen LogP contribution in [0.3, 0.4) is 0 Å². The lowest BCUT2D eigenvalue weighted by molar-refractivity contribution is -0.119. The van der Waals surface area contributed by atoms with Crippen molar-refractivity contribution in [3.05, 3.63) is 71.8 Å². The van der Waals surface area contributed by atoms with Crippen LogP contribution in [0.15, 0.2) is 60.7 Å². The number of hydrogen-bond donors (Lipinski definition) is 4. The molecular formula is C32H30Cl2N3O8P. The third kappa shape index (κ3) is 6.01. The van der Waals surface area contributed by atoms with E-state index in [1.165, 1.54) is 11.0 Å². The molecule has 4 aromatic carbocycles. The van der Waals surface area contributed by atoms with Crippen molar-refractivity contribution in [1.29, 1.82) is 0 Å². The zero-order chi connectivity index (χ0) is 32.7. The van der Waals surface area contributed by atoms with Crippen molar-refractivity contribution in [2.24, 2.45) is 0 Å². The van der Waals surface area contributed by atoms with Gasteiger partial charge in [-0.3, -0.25) is 24.7 Å². The highest BCUT2D eigenvalue weighted by Gasteiger charge is 2.37. The van der Waals surface area contributed by atoms with Crippen molar-refractivity contribution in [2.45, 2.75) is 31.1 Å². The van der Waals surface area contributed by atoms with Gasteiger partial charge < -0.3 is 19.4 Å². The lowest BCUT2D eigenvalue weighted by atomic mass is 9.95. The van der Waals surface area contributed by atoms with Gasteiger partial charge >= 0.3 is 13.9 Å². The van der Waals surface area contributed by atoms with Crippen molar-refractivity contribution >= 4 is 87.5 Å². The van der Waals surface area contributed by atoms with Crippen molar-refractivity contribution in [2.75, 3.05) is 40.0 Å². The quantitative estimate of drug-likeness (QED) is 0.111. The molecular weight excluding hydrogens is 656 g/mol. The number of halogens is 2. The monoisotopic (exact) mass is 685 g/mol. The zero-order valence-corrected chi connectivity index (χ0v) is 26.8. The molecule has 4 N–H and O–H groups in total. The molecule has 0 saturated heterocycles. The van der Waals surface area contributed by atoms with E-state index in [2.05, 4.69) is 5.32 Å². The molecule has 0 saturated carbocycles. The Hall–Kier alpha value is -3.86. The van der Waals surface area contributed by atoms with Crippen LogP contribution in [0.5, 0.6) is 5.75 Å². The Labute approximate surface area is 273 Å². The number of nitrogens with zero attached hydrogens (tertiary/aromatic N) is 2. The molecule has 2 atom stereocenters. The number of carbonyl (C=O) groups excluding carboxylic acids is 2. The topological polar surface area (TPSA) is 157 Å². The molecule has 0 bridgehead atoms. The van der Waals surface area contributed by atoms with Gasteiger partial charge in [0.25, 0.3) is 0 Å². The first-order valence-electron chi connectivity index (χ1n) is 14.6. The molecule has 11 nitrogen and oxygen atoms in total. The standard InChI is InChI=1S/C32H30Cl2N3O8P/c33-14-18-16-36(25-12-24(35-32(40)41)20-6-1-3-8-22(20)30(18)25)28(38)10-5-11-29(39)37-17-19(15-34)31-23-9-4-2-7-21(23)27(13-26(31)37)45-46(42,43)44/h1-4,6-9,12-13,18-19,35H,5,10-11,14-17H2,(H,40,41)(H2,42,43,44)/t18?,19-/m1/s1. The molecule has 14 heteroatoms. The highest BCUT2D eigenvalue weighted by atomic mass is 35.5. The lowest BCUT2D eigenvalue weighted by Crippen LogP contribution is -2.32. The average molecular weight is 686 g/mol. The molecule has 0 aliphatic carbocycles. The molecule has 2 heterocycles. The van der Waals surface area contributed by atoms with E-state index in [1.54, 1.807) is 35.2 Å². The van der Waals surface area contributed by atoms with Crippen LogP contribution in [0.2, 0.25) is 0 Å². The fourth-order valence-corrected chi connectivity index (χ4v) is 7.58.